The van der Waals surface area contributed by atoms with Crippen LogP contribution in [0.1, 0.15) is 58.0 Å². The van der Waals surface area contributed by atoms with Crippen LogP contribution < -0.4 is 0 Å². The van der Waals surface area contributed by atoms with Crippen molar-refractivity contribution in [3.8, 4) is 11.1 Å². The first-order valence-electron chi connectivity index (χ1n) is 14.5. The Labute approximate surface area is 270 Å². The molecule has 0 amide bonds. The van der Waals surface area contributed by atoms with Crippen LogP contribution in [0.3, 0.4) is 0 Å². The molecule has 5 aromatic carbocycles. The number of benzene rings is 5. The third kappa shape index (κ3) is 5.37. The Balaban J connectivity index is 0.00000176. The summed E-state index contributed by atoms with van der Waals surface area (Å²) in [7, 11) is 0. The molecule has 0 aliphatic heterocycles. The van der Waals surface area contributed by atoms with Gasteiger partial charge >= 0.3 is 247 Å². The molecule has 210 valence electrons. The molecule has 0 radical (unpaired) electrons. The van der Waals surface area contributed by atoms with Gasteiger partial charge in [-0.1, -0.05) is 0 Å². The van der Waals surface area contributed by atoms with Crippen molar-refractivity contribution in [2.24, 2.45) is 0 Å². The number of hydrogen-bond acceptors (Lipinski definition) is 0. The molecule has 0 nitrogen and oxygen atoms in total. The Morgan fingerprint density at radius 1 is 0.643 bits per heavy atom. The van der Waals surface area contributed by atoms with E-state index in [1.807, 2.05) is 0 Å². The molecule has 0 heterocycles. The van der Waals surface area contributed by atoms with Gasteiger partial charge in [0.15, 0.2) is 0 Å². The van der Waals surface area contributed by atoms with E-state index >= 15 is 0 Å². The molecule has 3 atom stereocenters. The molecule has 2 aliphatic carbocycles. The van der Waals surface area contributed by atoms with Gasteiger partial charge in [0, 0.05) is 0 Å². The maximum absolute atomic E-state index is 2.63. The van der Waals surface area contributed by atoms with Crippen molar-refractivity contribution in [1.29, 1.82) is 0 Å². The maximum atomic E-state index is 2.50. The van der Waals surface area contributed by atoms with Gasteiger partial charge in [-0.3, -0.25) is 0 Å². The molecule has 42 heavy (non-hydrogen) atoms. The number of allylic oxidation sites excluding steroid dienone is 4. The minimum Gasteiger partial charge on any atom is -0.147 e. The standard InChI is InChI=1S/C17H11.C17H18.C5H5.2ClH.Zr/c1-3-7-14-12(5-1)9-10-16-15-8-4-2-6-13(15)11-17(14)16;1-14(16-9-5-3-6-10-16)13-15(2)17-11-7-4-8-12-17;1-2-4-5-3-1;;;/h1-11H;3-12,14-15H,1-2H3;1-3H,4H2;2*1H;. The van der Waals surface area contributed by atoms with Crippen molar-refractivity contribution in [3.05, 3.63) is 165 Å². The van der Waals surface area contributed by atoms with Gasteiger partial charge in [-0.05, 0) is 0 Å². The number of hydrogen-bond donors (Lipinski definition) is 0. The fraction of sp³-hybridized carbons (Fsp3) is 0.154. The summed E-state index contributed by atoms with van der Waals surface area (Å²) in [5, 5.41) is 2.79. The Kier molecular flexibility index (Phi) is 9.64. The van der Waals surface area contributed by atoms with Gasteiger partial charge < -0.3 is 0 Å². The van der Waals surface area contributed by atoms with Crippen molar-refractivity contribution >= 4 is 38.8 Å². The zero-order chi connectivity index (χ0) is 27.1. The van der Waals surface area contributed by atoms with Gasteiger partial charge in [0.2, 0.25) is 0 Å². The van der Waals surface area contributed by atoms with Gasteiger partial charge in [-0.25, -0.2) is 0 Å². The predicted molar refractivity (Wildman–Crippen MR) is 182 cm³/mol. The topological polar surface area (TPSA) is 0 Å². The molecule has 7 rings (SSSR count). The first kappa shape index (κ1) is 30.6. The van der Waals surface area contributed by atoms with E-state index < -0.39 is 21.3 Å². The van der Waals surface area contributed by atoms with E-state index in [4.69, 9.17) is 0 Å². The molecule has 0 bridgehead atoms. The Morgan fingerprint density at radius 2 is 1.24 bits per heavy atom. The second kappa shape index (κ2) is 13.2. The Morgan fingerprint density at radius 3 is 1.88 bits per heavy atom. The van der Waals surface area contributed by atoms with E-state index in [1.165, 1.54) is 33.0 Å². The van der Waals surface area contributed by atoms with Gasteiger partial charge in [0.05, 0.1) is 0 Å². The Hall–Kier alpha value is -2.83. The van der Waals surface area contributed by atoms with Crippen molar-refractivity contribution in [2.45, 2.75) is 35.7 Å². The quantitative estimate of drug-likeness (QED) is 0.169. The predicted octanol–water partition coefficient (Wildman–Crippen LogP) is 11.0. The summed E-state index contributed by atoms with van der Waals surface area (Å²) in [6, 6.07) is 45.6. The van der Waals surface area contributed by atoms with Crippen molar-refractivity contribution in [3.63, 3.8) is 0 Å². The van der Waals surface area contributed by atoms with Gasteiger partial charge in [0.25, 0.3) is 0 Å². The zero-order valence-electron chi connectivity index (χ0n) is 24.0. The third-order valence-electron chi connectivity index (χ3n) is 9.07. The summed E-state index contributed by atoms with van der Waals surface area (Å²) >= 11 is -2.63. The van der Waals surface area contributed by atoms with Crippen LogP contribution in [0.15, 0.2) is 143 Å². The summed E-state index contributed by atoms with van der Waals surface area (Å²) in [5.41, 5.74) is 8.90. The molecule has 3 unspecified atom stereocenters. The molecule has 0 N–H and O–H groups in total. The van der Waals surface area contributed by atoms with Crippen molar-refractivity contribution in [1.82, 2.24) is 0 Å². The second-order valence-corrected chi connectivity index (χ2v) is 17.7. The molecule has 0 saturated heterocycles. The third-order valence-corrected chi connectivity index (χ3v) is 18.2. The first-order valence-corrected chi connectivity index (χ1v) is 18.4. The van der Waals surface area contributed by atoms with E-state index in [1.54, 1.807) is 17.6 Å². The summed E-state index contributed by atoms with van der Waals surface area (Å²) < 4.78 is 3.98. The van der Waals surface area contributed by atoms with Crippen LogP contribution in [0.5, 0.6) is 0 Å². The monoisotopic (exact) mass is 664 g/mol. The van der Waals surface area contributed by atoms with E-state index in [0.29, 0.717) is 15.5 Å². The summed E-state index contributed by atoms with van der Waals surface area (Å²) in [6.45, 7) is 4.97. The smallest absolute Gasteiger partial charge is 0.147 e. The van der Waals surface area contributed by atoms with E-state index in [-0.39, 0.29) is 24.8 Å². The van der Waals surface area contributed by atoms with Gasteiger partial charge in [-0.15, -0.1) is 24.8 Å². The average molecular weight is 667 g/mol. The fourth-order valence-electron chi connectivity index (χ4n) is 7.16. The molecule has 2 aliphatic rings. The number of halogens is 2. The van der Waals surface area contributed by atoms with E-state index in [0.717, 1.165) is 6.42 Å². The normalized spacial score (nSPS) is 16.0. The van der Waals surface area contributed by atoms with Crippen LogP contribution >= 0.6 is 24.8 Å². The summed E-state index contributed by atoms with van der Waals surface area (Å²) in [6.07, 6.45) is 8.30. The first-order chi connectivity index (χ1) is 19.7. The fourth-order valence-corrected chi connectivity index (χ4v) is 17.3. The van der Waals surface area contributed by atoms with E-state index in [9.17, 15) is 0 Å². The minimum absolute atomic E-state index is 0. The molecule has 0 aromatic heterocycles. The largest absolute Gasteiger partial charge is 0.147 e. The molecule has 3 heteroatoms. The van der Waals surface area contributed by atoms with Crippen LogP contribution in [0.2, 0.25) is 0 Å². The average Bonchev–Trinajstić information content (AvgIpc) is 3.67. The minimum atomic E-state index is -2.63. The molecule has 5 aromatic rings. The van der Waals surface area contributed by atoms with Crippen LogP contribution in [-0.4, -0.2) is 3.21 Å². The molecular weight excluding hydrogens is 631 g/mol. The van der Waals surface area contributed by atoms with Crippen LogP contribution in [0.4, 0.5) is 0 Å². The van der Waals surface area contributed by atoms with Gasteiger partial charge in [0.1, 0.15) is 0 Å². The van der Waals surface area contributed by atoms with Gasteiger partial charge in [-0.2, -0.15) is 0 Å². The van der Waals surface area contributed by atoms with Crippen molar-refractivity contribution in [2.75, 3.05) is 0 Å². The summed E-state index contributed by atoms with van der Waals surface area (Å²) in [4.78, 5) is 0. The van der Waals surface area contributed by atoms with Crippen molar-refractivity contribution < 1.29 is 21.3 Å². The SMILES string of the molecule is CC([C](C(C)c1ccccc1)=[Zr]([C]1=CC=CC1)[CH]1c2ccccc2-c2ccc3ccccc3c21)c1ccccc1.Cl.Cl. The zero-order valence-corrected chi connectivity index (χ0v) is 28.1. The number of fused-ring (bicyclic) bond motifs is 5. The molecule has 0 saturated carbocycles. The Bertz CT molecular complexity index is 1750. The van der Waals surface area contributed by atoms with E-state index in [2.05, 4.69) is 153 Å². The molecule has 0 fully saturated rings. The maximum Gasteiger partial charge on any atom is -0.147 e. The molecule has 0 spiro atoms. The summed E-state index contributed by atoms with van der Waals surface area (Å²) in [5.74, 6) is 0.775. The number of rotatable bonds is 6. The van der Waals surface area contributed by atoms with Crippen LogP contribution in [-0.2, 0) is 21.3 Å². The van der Waals surface area contributed by atoms with Crippen LogP contribution in [0.25, 0.3) is 21.9 Å². The van der Waals surface area contributed by atoms with Crippen LogP contribution in [0, 0.1) is 0 Å². The second-order valence-electron chi connectivity index (χ2n) is 11.2. The molecular formula is C39H36Cl2Zr.